The van der Waals surface area contributed by atoms with Crippen LogP contribution in [-0.2, 0) is 14.3 Å². The first-order valence-electron chi connectivity index (χ1n) is 8.35. The lowest BCUT2D eigenvalue weighted by Crippen LogP contribution is -2.39. The summed E-state index contributed by atoms with van der Waals surface area (Å²) < 4.78 is 11.0. The molecule has 0 aromatic carbocycles. The lowest BCUT2D eigenvalue weighted by atomic mass is 10.2. The largest absolute Gasteiger partial charge is 0.458 e. The second-order valence-electron chi connectivity index (χ2n) is 7.35. The molecular weight excluding hydrogens is 380 g/mol. The zero-order valence-corrected chi connectivity index (χ0v) is 19.6. The molecule has 0 radical (unpaired) electrons. The van der Waals surface area contributed by atoms with E-state index in [0.717, 1.165) is 17.4 Å². The fraction of sp³-hybridized carbons (Fsp3) is 0.941. The summed E-state index contributed by atoms with van der Waals surface area (Å²) in [4.78, 5) is 11.4. The van der Waals surface area contributed by atoms with Crippen molar-refractivity contribution in [2.75, 3.05) is 24.4 Å². The molecule has 0 spiro atoms. The van der Waals surface area contributed by atoms with Crippen molar-refractivity contribution >= 4 is 49.1 Å². The van der Waals surface area contributed by atoms with E-state index in [1.165, 1.54) is 5.75 Å². The summed E-state index contributed by atoms with van der Waals surface area (Å²) in [5.41, 5.74) is 0. The van der Waals surface area contributed by atoms with E-state index in [2.05, 4.69) is 34.6 Å². The molecular formula is C17H34O3S4. The Morgan fingerprint density at radius 2 is 1.67 bits per heavy atom. The van der Waals surface area contributed by atoms with Crippen molar-refractivity contribution < 1.29 is 14.3 Å². The first-order valence-corrected chi connectivity index (χ1v) is 13.2. The van der Waals surface area contributed by atoms with Crippen LogP contribution in [-0.4, -0.2) is 47.3 Å². The second-order valence-corrected chi connectivity index (χ2v) is 13.1. The monoisotopic (exact) mass is 414 g/mol. The van der Waals surface area contributed by atoms with Crippen LogP contribution in [0.1, 0.15) is 48.5 Å². The highest BCUT2D eigenvalue weighted by Gasteiger charge is 2.29. The lowest BCUT2D eigenvalue weighted by Gasteiger charge is -2.29. The summed E-state index contributed by atoms with van der Waals surface area (Å²) >= 11 is 0. The van der Waals surface area contributed by atoms with Gasteiger partial charge in [-0.25, -0.2) is 0 Å². The molecule has 2 atom stereocenters. The second kappa shape index (κ2) is 13.1. The fourth-order valence-corrected chi connectivity index (χ4v) is 6.66. The van der Waals surface area contributed by atoms with Crippen LogP contribution in [0.3, 0.4) is 0 Å². The summed E-state index contributed by atoms with van der Waals surface area (Å²) in [6.07, 6.45) is -0.0369. The van der Waals surface area contributed by atoms with Gasteiger partial charge in [0, 0.05) is 29.1 Å². The van der Waals surface area contributed by atoms with Gasteiger partial charge in [-0.2, -0.15) is 0 Å². The average molecular weight is 415 g/mol. The molecule has 144 valence electrons. The number of ether oxygens (including phenoxy) is 2. The molecule has 0 amide bonds. The smallest absolute Gasteiger partial charge is 0.308 e. The third kappa shape index (κ3) is 13.1. The van der Waals surface area contributed by atoms with Gasteiger partial charge in [-0.3, -0.25) is 4.79 Å². The number of carbonyl (C=O) groups is 1. The van der Waals surface area contributed by atoms with Crippen LogP contribution in [0.25, 0.3) is 0 Å². The molecule has 0 aliphatic carbocycles. The number of methoxy groups -OCH3 is 1. The van der Waals surface area contributed by atoms with Crippen LogP contribution < -0.4 is 0 Å². The van der Waals surface area contributed by atoms with Crippen LogP contribution in [0.15, 0.2) is 0 Å². The van der Waals surface area contributed by atoms with E-state index in [1.54, 1.807) is 28.7 Å². The number of rotatable bonds is 6. The minimum Gasteiger partial charge on any atom is -0.458 e. The van der Waals surface area contributed by atoms with Gasteiger partial charge in [-0.1, -0.05) is 91.6 Å². The van der Waals surface area contributed by atoms with Crippen LogP contribution in [0, 0.1) is 11.8 Å². The summed E-state index contributed by atoms with van der Waals surface area (Å²) in [6, 6.07) is 0. The molecule has 1 heterocycles. The van der Waals surface area contributed by atoms with Crippen molar-refractivity contribution in [3.05, 3.63) is 0 Å². The van der Waals surface area contributed by atoms with Crippen molar-refractivity contribution in [2.24, 2.45) is 11.8 Å². The predicted molar refractivity (Wildman–Crippen MR) is 115 cm³/mol. The maximum Gasteiger partial charge on any atom is 0.308 e. The summed E-state index contributed by atoms with van der Waals surface area (Å²) in [6.45, 7) is 15.0. The van der Waals surface area contributed by atoms with E-state index in [0.29, 0.717) is 4.75 Å². The minimum absolute atomic E-state index is 0.0453. The van der Waals surface area contributed by atoms with Crippen molar-refractivity contribution in [3.63, 3.8) is 0 Å². The van der Waals surface area contributed by atoms with E-state index in [1.807, 2.05) is 35.4 Å². The Hall–Kier alpha value is 0.830. The quantitative estimate of drug-likeness (QED) is 0.402. The Kier molecular flexibility index (Phi) is 13.5. The van der Waals surface area contributed by atoms with Crippen molar-refractivity contribution in [2.45, 2.75) is 65.4 Å². The highest BCUT2D eigenvalue weighted by Crippen LogP contribution is 2.35. The number of carbonyl (C=O) groups excluding carboxylic acids is 1. The lowest BCUT2D eigenvalue weighted by molar-refractivity contribution is -0.157. The SMILES string of the molecule is CC(C)CSSC(C)(C)C.COC1CSSCC1OC(=O)C(C)C. The van der Waals surface area contributed by atoms with E-state index in [9.17, 15) is 4.79 Å². The maximum atomic E-state index is 11.4. The van der Waals surface area contributed by atoms with Gasteiger partial charge in [0.05, 0.1) is 5.92 Å². The Morgan fingerprint density at radius 3 is 2.08 bits per heavy atom. The molecule has 0 bridgehead atoms. The minimum atomic E-state index is -0.135. The maximum absolute atomic E-state index is 11.4. The molecule has 0 saturated carbocycles. The molecule has 24 heavy (non-hydrogen) atoms. The van der Waals surface area contributed by atoms with Gasteiger partial charge in [0.25, 0.3) is 0 Å². The molecule has 2 unspecified atom stereocenters. The normalized spacial score (nSPS) is 21.4. The highest BCUT2D eigenvalue weighted by molar-refractivity contribution is 8.77. The third-order valence-corrected chi connectivity index (χ3v) is 8.81. The Bertz CT molecular complexity index is 343. The number of hydrogen-bond acceptors (Lipinski definition) is 7. The Balaban J connectivity index is 0.000000470. The van der Waals surface area contributed by atoms with Crippen molar-refractivity contribution in [3.8, 4) is 0 Å². The van der Waals surface area contributed by atoms with Crippen LogP contribution in [0.2, 0.25) is 0 Å². The van der Waals surface area contributed by atoms with Gasteiger partial charge in [0.15, 0.2) is 0 Å². The molecule has 1 rings (SSSR count). The van der Waals surface area contributed by atoms with Crippen LogP contribution in [0.5, 0.6) is 0 Å². The molecule has 7 heteroatoms. The summed E-state index contributed by atoms with van der Waals surface area (Å²) in [5, 5.41) is 0. The fourth-order valence-electron chi connectivity index (χ4n) is 1.41. The van der Waals surface area contributed by atoms with E-state index in [4.69, 9.17) is 9.47 Å². The van der Waals surface area contributed by atoms with Gasteiger partial charge in [0.1, 0.15) is 12.2 Å². The average Bonchev–Trinajstić information content (AvgIpc) is 2.46. The highest BCUT2D eigenvalue weighted by atomic mass is 33.1. The van der Waals surface area contributed by atoms with Crippen molar-refractivity contribution in [1.29, 1.82) is 0 Å². The van der Waals surface area contributed by atoms with E-state index < -0.39 is 0 Å². The van der Waals surface area contributed by atoms with Gasteiger partial charge in [-0.05, 0) is 5.92 Å². The predicted octanol–water partition coefficient (Wildman–Crippen LogP) is 5.79. The topological polar surface area (TPSA) is 35.5 Å². The van der Waals surface area contributed by atoms with E-state index >= 15 is 0 Å². The summed E-state index contributed by atoms with van der Waals surface area (Å²) in [7, 11) is 9.13. The molecule has 0 N–H and O–H groups in total. The number of hydrogen-bond donors (Lipinski definition) is 0. The van der Waals surface area contributed by atoms with Gasteiger partial charge >= 0.3 is 5.97 Å². The van der Waals surface area contributed by atoms with Gasteiger partial charge < -0.3 is 9.47 Å². The molecule has 1 fully saturated rings. The molecule has 1 aliphatic heterocycles. The zero-order chi connectivity index (χ0) is 18.8. The summed E-state index contributed by atoms with van der Waals surface area (Å²) in [5.74, 6) is 3.59. The first kappa shape index (κ1) is 24.8. The number of esters is 1. The van der Waals surface area contributed by atoms with Crippen molar-refractivity contribution in [1.82, 2.24) is 0 Å². The standard InChI is InChI=1S/C9H16O3S2.C8H18S2/c1-6(2)9(10)12-8-5-14-13-4-7(8)11-3;1-7(2)6-9-10-8(3,4)5/h6-8H,4-5H2,1-3H3;7H,6H2,1-5H3. The molecule has 0 aromatic rings. The van der Waals surface area contributed by atoms with E-state index in [-0.39, 0.29) is 24.1 Å². The molecule has 1 saturated heterocycles. The third-order valence-electron chi connectivity index (χ3n) is 2.71. The Labute approximate surface area is 164 Å². The molecule has 0 aromatic heterocycles. The first-order chi connectivity index (χ1) is 11.1. The molecule has 3 nitrogen and oxygen atoms in total. The molecule has 1 aliphatic rings. The Morgan fingerprint density at radius 1 is 1.12 bits per heavy atom. The van der Waals surface area contributed by atoms with Crippen LogP contribution >= 0.6 is 43.2 Å². The van der Waals surface area contributed by atoms with Gasteiger partial charge in [-0.15, -0.1) is 0 Å². The zero-order valence-electron chi connectivity index (χ0n) is 16.3. The van der Waals surface area contributed by atoms with Crippen LogP contribution in [0.4, 0.5) is 0 Å². The van der Waals surface area contributed by atoms with Gasteiger partial charge in [0.2, 0.25) is 0 Å².